The van der Waals surface area contributed by atoms with Crippen molar-refractivity contribution < 1.29 is 14.7 Å². The van der Waals surface area contributed by atoms with Crippen molar-refractivity contribution in [2.75, 3.05) is 0 Å². The van der Waals surface area contributed by atoms with Crippen molar-refractivity contribution in [3.8, 4) is 0 Å². The molecule has 0 amide bonds. The van der Waals surface area contributed by atoms with Crippen LogP contribution in [0.2, 0.25) is 0 Å². The third-order valence-electron chi connectivity index (χ3n) is 8.51. The second-order valence-corrected chi connectivity index (χ2v) is 15.0. The summed E-state index contributed by atoms with van der Waals surface area (Å²) >= 11 is 0. The van der Waals surface area contributed by atoms with Gasteiger partial charge in [-0.1, -0.05) is 0 Å². The second kappa shape index (κ2) is 19.0. The van der Waals surface area contributed by atoms with Crippen LogP contribution in [-0.2, 0) is 19.3 Å². The summed E-state index contributed by atoms with van der Waals surface area (Å²) in [6.45, 7) is 6.71. The van der Waals surface area contributed by atoms with E-state index in [4.69, 9.17) is 0 Å². The van der Waals surface area contributed by atoms with E-state index < -0.39 is 7.28 Å². The van der Waals surface area contributed by atoms with Crippen molar-refractivity contribution in [3.63, 3.8) is 0 Å². The molecule has 2 rings (SSSR count). The number of rotatable bonds is 23. The monoisotopic (exact) mass is 572 g/mol. The van der Waals surface area contributed by atoms with E-state index in [1.807, 2.05) is 24.3 Å². The number of aryl methyl sites for hydroxylation is 2. The Hall–Kier alpha value is -1.25. The van der Waals surface area contributed by atoms with Crippen LogP contribution in [0.1, 0.15) is 153 Å². The van der Waals surface area contributed by atoms with Crippen LogP contribution in [0, 0.1) is 0 Å². The third-order valence-corrected chi connectivity index (χ3v) is 11.1. The van der Waals surface area contributed by atoms with Gasteiger partial charge < -0.3 is 0 Å². The maximum absolute atomic E-state index is 12.0. The van der Waals surface area contributed by atoms with Crippen molar-refractivity contribution in [2.24, 2.45) is 0 Å². The molecule has 0 radical (unpaired) electrons. The summed E-state index contributed by atoms with van der Waals surface area (Å²) in [7, 11) is -5.31. The van der Waals surface area contributed by atoms with Gasteiger partial charge in [0.25, 0.3) is 0 Å². The average Bonchev–Trinajstić information content (AvgIpc) is 2.94. The summed E-state index contributed by atoms with van der Waals surface area (Å²) in [5, 5.41) is 0.710. The van der Waals surface area contributed by atoms with E-state index in [0.29, 0.717) is 10.6 Å². The van der Waals surface area contributed by atoms with Gasteiger partial charge in [0.1, 0.15) is 0 Å². The predicted octanol–water partition coefficient (Wildman–Crippen LogP) is 9.62. The van der Waals surface area contributed by atoms with Gasteiger partial charge in [-0.3, -0.25) is 0 Å². The standard InChI is InChI=1S/C36H61O3P/c1-4-7-10-13-16-19-25-32-28-24-31-36(34(32)29-21-18-15-12-9-6-3)40(37,38,39)35-30-23-22-27-33(35)26-20-17-14-11-8-5-2/h22-24,27-28,30-31,37-39H,4-21,25-26,29H2,1-3H3. The first kappa shape index (κ1) is 34.9. The number of hydrogen-bond donors (Lipinski definition) is 3. The zero-order valence-electron chi connectivity index (χ0n) is 26.2. The molecule has 2 aromatic rings. The summed E-state index contributed by atoms with van der Waals surface area (Å²) in [5.41, 5.74) is 3.03. The molecule has 3 N–H and O–H groups in total. The molecule has 0 saturated heterocycles. The molecule has 0 aliphatic rings. The molecule has 0 aromatic heterocycles. The van der Waals surface area contributed by atoms with Crippen molar-refractivity contribution >= 4 is 17.9 Å². The molecule has 4 heteroatoms. The van der Waals surface area contributed by atoms with Crippen LogP contribution in [-0.4, -0.2) is 14.7 Å². The van der Waals surface area contributed by atoms with Crippen LogP contribution in [0.25, 0.3) is 0 Å². The van der Waals surface area contributed by atoms with Gasteiger partial charge in [0.05, 0.1) is 0 Å². The minimum atomic E-state index is -5.31. The summed E-state index contributed by atoms with van der Waals surface area (Å²) in [4.78, 5) is 35.9. The van der Waals surface area contributed by atoms with Crippen LogP contribution in [0.4, 0.5) is 0 Å². The van der Waals surface area contributed by atoms with Crippen molar-refractivity contribution in [3.05, 3.63) is 59.2 Å². The Labute approximate surface area is 247 Å². The molecule has 0 spiro atoms. The number of hydrogen-bond acceptors (Lipinski definition) is 3. The van der Waals surface area contributed by atoms with E-state index >= 15 is 0 Å². The van der Waals surface area contributed by atoms with Crippen molar-refractivity contribution in [1.82, 2.24) is 0 Å². The predicted molar refractivity (Wildman–Crippen MR) is 177 cm³/mol. The molecular formula is C36H61O3P. The molecule has 0 heterocycles. The van der Waals surface area contributed by atoms with Crippen molar-refractivity contribution in [2.45, 2.75) is 156 Å². The van der Waals surface area contributed by atoms with E-state index in [9.17, 15) is 14.7 Å². The first-order valence-electron chi connectivity index (χ1n) is 16.8. The SMILES string of the molecule is CCCCCCCCc1ccccc1P(O)(O)(O)c1cccc(CCCCCCCC)c1CCCCCCCC. The number of benzene rings is 2. The van der Waals surface area contributed by atoms with Gasteiger partial charge in [0.2, 0.25) is 0 Å². The fourth-order valence-electron chi connectivity index (χ4n) is 6.06. The first-order chi connectivity index (χ1) is 19.3. The van der Waals surface area contributed by atoms with E-state index in [1.165, 1.54) is 89.0 Å². The molecule has 0 fully saturated rings. The van der Waals surface area contributed by atoms with Crippen LogP contribution >= 0.6 is 7.28 Å². The van der Waals surface area contributed by atoms with E-state index in [-0.39, 0.29) is 0 Å². The molecule has 0 atom stereocenters. The van der Waals surface area contributed by atoms with Crippen LogP contribution in [0.5, 0.6) is 0 Å². The Balaban J connectivity index is 2.30. The van der Waals surface area contributed by atoms with Gasteiger partial charge in [-0.15, -0.1) is 0 Å². The van der Waals surface area contributed by atoms with Gasteiger partial charge in [0, 0.05) is 0 Å². The van der Waals surface area contributed by atoms with Gasteiger partial charge in [-0.05, 0) is 0 Å². The van der Waals surface area contributed by atoms with Gasteiger partial charge in [-0.2, -0.15) is 0 Å². The molecule has 228 valence electrons. The Bertz CT molecular complexity index is 947. The normalized spacial score (nSPS) is 12.9. The maximum atomic E-state index is 12.0. The summed E-state index contributed by atoms with van der Waals surface area (Å²) in [6.07, 6.45) is 24.1. The van der Waals surface area contributed by atoms with Crippen LogP contribution in [0.15, 0.2) is 42.5 Å². The second-order valence-electron chi connectivity index (χ2n) is 12.1. The summed E-state index contributed by atoms with van der Waals surface area (Å²) < 4.78 is 0. The molecule has 0 aliphatic heterocycles. The van der Waals surface area contributed by atoms with E-state index in [2.05, 4.69) is 26.8 Å². The summed E-state index contributed by atoms with van der Waals surface area (Å²) in [5.74, 6) is 0. The van der Waals surface area contributed by atoms with E-state index in [1.54, 1.807) is 12.1 Å². The first-order valence-corrected chi connectivity index (χ1v) is 18.9. The Kier molecular flexibility index (Phi) is 16.6. The molecule has 0 bridgehead atoms. The summed E-state index contributed by atoms with van der Waals surface area (Å²) in [6, 6.07) is 13.4. The Morgan fingerprint density at radius 1 is 0.425 bits per heavy atom. The van der Waals surface area contributed by atoms with Gasteiger partial charge in [0.15, 0.2) is 0 Å². The topological polar surface area (TPSA) is 60.7 Å². The molecule has 3 nitrogen and oxygen atoms in total. The quantitative estimate of drug-likeness (QED) is 0.0918. The zero-order valence-corrected chi connectivity index (χ0v) is 27.1. The number of unbranched alkanes of at least 4 members (excludes halogenated alkanes) is 15. The van der Waals surface area contributed by atoms with Gasteiger partial charge >= 0.3 is 247 Å². The minimum absolute atomic E-state index is 0.336. The van der Waals surface area contributed by atoms with E-state index in [0.717, 1.165) is 62.5 Å². The molecule has 0 unspecified atom stereocenters. The molecule has 0 saturated carbocycles. The fraction of sp³-hybridized carbons (Fsp3) is 0.667. The molecule has 2 aromatic carbocycles. The molecular weight excluding hydrogens is 511 g/mol. The van der Waals surface area contributed by atoms with Gasteiger partial charge in [-0.25, -0.2) is 0 Å². The Morgan fingerprint density at radius 2 is 0.825 bits per heavy atom. The third kappa shape index (κ3) is 11.6. The zero-order chi connectivity index (χ0) is 29.1. The van der Waals surface area contributed by atoms with Crippen LogP contribution in [0.3, 0.4) is 0 Å². The average molecular weight is 573 g/mol. The van der Waals surface area contributed by atoms with Crippen LogP contribution < -0.4 is 10.6 Å². The Morgan fingerprint density at radius 3 is 1.38 bits per heavy atom. The van der Waals surface area contributed by atoms with Crippen molar-refractivity contribution in [1.29, 1.82) is 0 Å². The fourth-order valence-corrected chi connectivity index (χ4v) is 8.51. The molecule has 40 heavy (non-hydrogen) atoms. The molecule has 0 aliphatic carbocycles.